The average molecular weight is 280 g/mol. The van der Waals surface area contributed by atoms with E-state index in [1.165, 1.54) is 44.2 Å². The van der Waals surface area contributed by atoms with Crippen LogP contribution >= 0.6 is 11.6 Å². The zero-order valence-corrected chi connectivity index (χ0v) is 12.1. The van der Waals surface area contributed by atoms with Gasteiger partial charge in [0.05, 0.1) is 5.02 Å². The lowest BCUT2D eigenvalue weighted by atomic mass is 10.0. The zero-order valence-electron chi connectivity index (χ0n) is 11.3. The Balaban J connectivity index is 1.62. The minimum Gasteiger partial charge on any atom is -0.313 e. The van der Waals surface area contributed by atoms with Crippen molar-refractivity contribution in [3.05, 3.63) is 29.0 Å². The van der Waals surface area contributed by atoms with E-state index in [1.807, 2.05) is 12.3 Å². The van der Waals surface area contributed by atoms with Gasteiger partial charge in [0.25, 0.3) is 0 Å². The molecule has 2 fully saturated rings. The molecule has 104 valence electrons. The summed E-state index contributed by atoms with van der Waals surface area (Å²) < 4.78 is 0. The normalized spacial score (nSPS) is 23.8. The summed E-state index contributed by atoms with van der Waals surface area (Å²) in [6.45, 7) is 3.30. The van der Waals surface area contributed by atoms with Gasteiger partial charge in [0.15, 0.2) is 0 Å². The summed E-state index contributed by atoms with van der Waals surface area (Å²) in [6, 6.07) is 3.48. The van der Waals surface area contributed by atoms with Crippen LogP contribution in [0.3, 0.4) is 0 Å². The van der Waals surface area contributed by atoms with Crippen molar-refractivity contribution < 1.29 is 0 Å². The van der Waals surface area contributed by atoms with Gasteiger partial charge in [0, 0.05) is 37.6 Å². The van der Waals surface area contributed by atoms with Gasteiger partial charge in [0.1, 0.15) is 0 Å². The second-order valence-corrected chi connectivity index (χ2v) is 6.18. The van der Waals surface area contributed by atoms with Crippen LogP contribution in [-0.2, 0) is 6.54 Å². The van der Waals surface area contributed by atoms with E-state index in [1.54, 1.807) is 6.20 Å². The molecule has 1 unspecified atom stereocenters. The number of halogens is 1. The summed E-state index contributed by atoms with van der Waals surface area (Å²) in [5, 5.41) is 4.44. The summed E-state index contributed by atoms with van der Waals surface area (Å²) in [5.41, 5.74) is 1.21. The molecule has 1 atom stereocenters. The molecule has 0 radical (unpaired) electrons. The smallest absolute Gasteiger partial charge is 0.0634 e. The number of pyridine rings is 1. The lowest BCUT2D eigenvalue weighted by molar-refractivity contribution is 0.208. The van der Waals surface area contributed by atoms with Gasteiger partial charge in [-0.15, -0.1) is 0 Å². The van der Waals surface area contributed by atoms with Crippen molar-refractivity contribution in [2.24, 2.45) is 0 Å². The number of piperidine rings is 1. The Morgan fingerprint density at radius 2 is 2.21 bits per heavy atom. The van der Waals surface area contributed by atoms with Crippen LogP contribution in [0.1, 0.15) is 37.7 Å². The maximum Gasteiger partial charge on any atom is 0.0634 e. The monoisotopic (exact) mass is 279 g/mol. The van der Waals surface area contributed by atoms with Gasteiger partial charge in [-0.2, -0.15) is 0 Å². The van der Waals surface area contributed by atoms with Crippen LogP contribution in [-0.4, -0.2) is 35.1 Å². The fourth-order valence-corrected chi connectivity index (χ4v) is 3.08. The standard InChI is InChI=1S/C15H22ClN3/c16-15-9-17-8-6-12(15)10-19(14-4-5-14)11-13-3-1-2-7-18-13/h6,8-9,13-14,18H,1-5,7,10-11H2. The van der Waals surface area contributed by atoms with Crippen molar-refractivity contribution in [3.8, 4) is 0 Å². The van der Waals surface area contributed by atoms with E-state index in [9.17, 15) is 0 Å². The Bertz CT molecular complexity index is 414. The Kier molecular flexibility index (Phi) is 4.36. The third kappa shape index (κ3) is 3.68. The van der Waals surface area contributed by atoms with Crippen LogP contribution in [0.5, 0.6) is 0 Å². The Morgan fingerprint density at radius 1 is 1.32 bits per heavy atom. The number of hydrogen-bond donors (Lipinski definition) is 1. The SMILES string of the molecule is Clc1cnccc1CN(CC1CCCCN1)C1CC1. The predicted octanol–water partition coefficient (Wildman–Crippen LogP) is 2.84. The van der Waals surface area contributed by atoms with Gasteiger partial charge in [-0.25, -0.2) is 0 Å². The first-order valence-electron chi connectivity index (χ1n) is 7.39. The quantitative estimate of drug-likeness (QED) is 0.898. The molecule has 0 bridgehead atoms. The molecule has 2 aliphatic rings. The number of hydrogen-bond acceptors (Lipinski definition) is 3. The maximum atomic E-state index is 6.23. The van der Waals surface area contributed by atoms with E-state index in [4.69, 9.17) is 11.6 Å². The number of nitrogens with one attached hydrogen (secondary N) is 1. The van der Waals surface area contributed by atoms with Crippen molar-refractivity contribution in [2.75, 3.05) is 13.1 Å². The third-order valence-corrected chi connectivity index (χ3v) is 4.50. The molecule has 1 saturated carbocycles. The molecule has 1 saturated heterocycles. The highest BCUT2D eigenvalue weighted by Gasteiger charge is 2.31. The van der Waals surface area contributed by atoms with E-state index in [2.05, 4.69) is 15.2 Å². The lowest BCUT2D eigenvalue weighted by Crippen LogP contribution is -2.44. The molecule has 1 N–H and O–H groups in total. The van der Waals surface area contributed by atoms with Crippen molar-refractivity contribution in [2.45, 2.75) is 50.7 Å². The van der Waals surface area contributed by atoms with Gasteiger partial charge in [-0.1, -0.05) is 18.0 Å². The first-order chi connectivity index (χ1) is 9.33. The van der Waals surface area contributed by atoms with E-state index in [0.29, 0.717) is 6.04 Å². The topological polar surface area (TPSA) is 28.2 Å². The summed E-state index contributed by atoms with van der Waals surface area (Å²) >= 11 is 6.23. The van der Waals surface area contributed by atoms with E-state index >= 15 is 0 Å². The molecular formula is C15H22ClN3. The molecule has 2 heterocycles. The highest BCUT2D eigenvalue weighted by atomic mass is 35.5. The molecule has 4 heteroatoms. The van der Waals surface area contributed by atoms with Gasteiger partial charge in [0.2, 0.25) is 0 Å². The summed E-state index contributed by atoms with van der Waals surface area (Å²) in [5.74, 6) is 0. The summed E-state index contributed by atoms with van der Waals surface area (Å²) in [7, 11) is 0. The second-order valence-electron chi connectivity index (χ2n) is 5.77. The molecular weight excluding hydrogens is 258 g/mol. The molecule has 3 nitrogen and oxygen atoms in total. The minimum absolute atomic E-state index is 0.662. The van der Waals surface area contributed by atoms with Crippen molar-refractivity contribution >= 4 is 11.6 Å². The largest absolute Gasteiger partial charge is 0.313 e. The molecule has 1 aliphatic heterocycles. The Hall–Kier alpha value is -0.640. The van der Waals surface area contributed by atoms with Gasteiger partial charge in [-0.05, 0) is 43.9 Å². The van der Waals surface area contributed by atoms with Crippen molar-refractivity contribution in [3.63, 3.8) is 0 Å². The Morgan fingerprint density at radius 3 is 2.89 bits per heavy atom. The fraction of sp³-hybridized carbons (Fsp3) is 0.667. The van der Waals surface area contributed by atoms with E-state index < -0.39 is 0 Å². The molecule has 1 aromatic heterocycles. The summed E-state index contributed by atoms with van der Waals surface area (Å²) in [4.78, 5) is 6.67. The first kappa shape index (κ1) is 13.3. The van der Waals surface area contributed by atoms with Gasteiger partial charge >= 0.3 is 0 Å². The van der Waals surface area contributed by atoms with Gasteiger partial charge < -0.3 is 5.32 Å². The van der Waals surface area contributed by atoms with Crippen LogP contribution in [0.2, 0.25) is 5.02 Å². The van der Waals surface area contributed by atoms with E-state index in [-0.39, 0.29) is 0 Å². The molecule has 1 aromatic rings. The second kappa shape index (κ2) is 6.21. The number of aromatic nitrogens is 1. The zero-order chi connectivity index (χ0) is 13.1. The Labute approximate surface area is 120 Å². The van der Waals surface area contributed by atoms with Gasteiger partial charge in [-0.3, -0.25) is 9.88 Å². The van der Waals surface area contributed by atoms with Crippen LogP contribution in [0.25, 0.3) is 0 Å². The molecule has 0 aromatic carbocycles. The third-order valence-electron chi connectivity index (χ3n) is 4.16. The van der Waals surface area contributed by atoms with Crippen LogP contribution in [0.15, 0.2) is 18.5 Å². The van der Waals surface area contributed by atoms with Crippen LogP contribution in [0.4, 0.5) is 0 Å². The number of rotatable bonds is 5. The molecule has 0 spiro atoms. The maximum absolute atomic E-state index is 6.23. The predicted molar refractivity (Wildman–Crippen MR) is 78.3 cm³/mol. The molecule has 0 amide bonds. The minimum atomic E-state index is 0.662. The van der Waals surface area contributed by atoms with E-state index in [0.717, 1.165) is 24.2 Å². The van der Waals surface area contributed by atoms with Crippen molar-refractivity contribution in [1.82, 2.24) is 15.2 Å². The summed E-state index contributed by atoms with van der Waals surface area (Å²) in [6.07, 6.45) is 10.3. The average Bonchev–Trinajstić information content (AvgIpc) is 3.26. The number of nitrogens with zero attached hydrogens (tertiary/aromatic N) is 2. The molecule has 19 heavy (non-hydrogen) atoms. The lowest BCUT2D eigenvalue weighted by Gasteiger charge is -2.31. The highest BCUT2D eigenvalue weighted by Crippen LogP contribution is 2.30. The molecule has 1 aliphatic carbocycles. The van der Waals surface area contributed by atoms with Crippen LogP contribution in [0, 0.1) is 0 Å². The highest BCUT2D eigenvalue weighted by molar-refractivity contribution is 6.31. The van der Waals surface area contributed by atoms with Crippen LogP contribution < -0.4 is 5.32 Å². The molecule has 3 rings (SSSR count). The first-order valence-corrected chi connectivity index (χ1v) is 7.76. The van der Waals surface area contributed by atoms with Crippen molar-refractivity contribution in [1.29, 1.82) is 0 Å². The fourth-order valence-electron chi connectivity index (χ4n) is 2.90.